The average Bonchev–Trinajstić information content (AvgIpc) is 2.82. The van der Waals surface area contributed by atoms with Crippen molar-refractivity contribution in [1.29, 1.82) is 0 Å². The molecule has 96 valence electrons. The summed E-state index contributed by atoms with van der Waals surface area (Å²) in [5.74, 6) is 1.20. The Morgan fingerprint density at radius 1 is 1.33 bits per heavy atom. The molecule has 0 aliphatic carbocycles. The van der Waals surface area contributed by atoms with Crippen LogP contribution in [0.4, 0.5) is 4.39 Å². The summed E-state index contributed by atoms with van der Waals surface area (Å²) in [6.45, 7) is 2.01. The topological polar surface area (TPSA) is 25.2 Å². The number of benzene rings is 1. The van der Waals surface area contributed by atoms with Gasteiger partial charge >= 0.3 is 0 Å². The Morgan fingerprint density at radius 2 is 2.11 bits per heavy atom. The minimum Gasteiger partial charge on any atom is -0.464 e. The Balaban J connectivity index is 2.45. The molecule has 1 atom stereocenters. The summed E-state index contributed by atoms with van der Waals surface area (Å²) < 4.78 is 19.6. The maximum absolute atomic E-state index is 13.9. The number of nitrogens with one attached hydrogen (secondary N) is 1. The van der Waals surface area contributed by atoms with Gasteiger partial charge in [-0.05, 0) is 31.3 Å². The number of halogens is 2. The van der Waals surface area contributed by atoms with E-state index in [4.69, 9.17) is 16.0 Å². The first-order valence-electron chi connectivity index (χ1n) is 5.87. The highest BCUT2D eigenvalue weighted by Crippen LogP contribution is 2.31. The molecule has 1 aromatic heterocycles. The number of hydrogen-bond acceptors (Lipinski definition) is 2. The Hall–Kier alpha value is -1.32. The lowest BCUT2D eigenvalue weighted by Gasteiger charge is -2.16. The summed E-state index contributed by atoms with van der Waals surface area (Å²) in [6, 6.07) is 8.03. The molecule has 2 aromatic rings. The summed E-state index contributed by atoms with van der Waals surface area (Å²) in [4.78, 5) is 0. The van der Waals surface area contributed by atoms with Gasteiger partial charge in [0.25, 0.3) is 0 Å². The van der Waals surface area contributed by atoms with Gasteiger partial charge in [0.05, 0.1) is 6.04 Å². The first kappa shape index (κ1) is 13.1. The lowest BCUT2D eigenvalue weighted by Crippen LogP contribution is -2.18. The molecule has 4 heteroatoms. The number of rotatable bonds is 4. The summed E-state index contributed by atoms with van der Waals surface area (Å²) in [7, 11) is 1.75. The van der Waals surface area contributed by atoms with Crippen LogP contribution in [0, 0.1) is 5.82 Å². The molecule has 0 saturated carbocycles. The molecular formula is C14H15ClFNO. The highest BCUT2D eigenvalue weighted by atomic mass is 35.5. The van der Waals surface area contributed by atoms with Crippen LogP contribution in [0.2, 0.25) is 5.02 Å². The normalized spacial score (nSPS) is 12.7. The zero-order valence-electron chi connectivity index (χ0n) is 10.3. The van der Waals surface area contributed by atoms with Gasteiger partial charge in [-0.1, -0.05) is 24.6 Å². The molecule has 2 rings (SSSR count). The second kappa shape index (κ2) is 5.55. The van der Waals surface area contributed by atoms with E-state index in [1.165, 1.54) is 6.07 Å². The predicted molar refractivity (Wildman–Crippen MR) is 70.4 cm³/mol. The molecule has 0 amide bonds. The van der Waals surface area contributed by atoms with E-state index in [2.05, 4.69) is 5.32 Å². The molecule has 0 spiro atoms. The van der Waals surface area contributed by atoms with Gasteiger partial charge in [-0.15, -0.1) is 0 Å². The third-order valence-corrected chi connectivity index (χ3v) is 3.22. The van der Waals surface area contributed by atoms with Crippen LogP contribution >= 0.6 is 11.6 Å². The van der Waals surface area contributed by atoms with Gasteiger partial charge in [0, 0.05) is 17.0 Å². The van der Waals surface area contributed by atoms with Crippen molar-refractivity contribution in [3.63, 3.8) is 0 Å². The molecule has 1 unspecified atom stereocenters. The largest absolute Gasteiger partial charge is 0.464 e. The van der Waals surface area contributed by atoms with Crippen molar-refractivity contribution in [2.45, 2.75) is 19.4 Å². The summed E-state index contributed by atoms with van der Waals surface area (Å²) in [5, 5.41) is 3.43. The fraction of sp³-hybridized carbons (Fsp3) is 0.286. The van der Waals surface area contributed by atoms with Crippen molar-refractivity contribution in [3.05, 3.63) is 58.3 Å². The van der Waals surface area contributed by atoms with Gasteiger partial charge in [0.1, 0.15) is 17.3 Å². The average molecular weight is 268 g/mol. The molecule has 0 fully saturated rings. The van der Waals surface area contributed by atoms with Crippen LogP contribution in [0.25, 0.3) is 0 Å². The molecule has 1 N–H and O–H groups in total. The molecule has 1 heterocycles. The van der Waals surface area contributed by atoms with Crippen molar-refractivity contribution in [1.82, 2.24) is 5.32 Å². The summed E-state index contributed by atoms with van der Waals surface area (Å²) in [6.07, 6.45) is 0.807. The van der Waals surface area contributed by atoms with Crippen LogP contribution in [0.3, 0.4) is 0 Å². The van der Waals surface area contributed by atoms with Gasteiger partial charge in [-0.25, -0.2) is 4.39 Å². The zero-order valence-corrected chi connectivity index (χ0v) is 11.1. The standard InChI is InChI=1S/C14H15ClFNO/c1-3-9-7-8-12(18-9)14(17-2)13-10(15)5-4-6-11(13)16/h4-8,14,17H,3H2,1-2H3. The van der Waals surface area contributed by atoms with Gasteiger partial charge in [0.15, 0.2) is 0 Å². The van der Waals surface area contributed by atoms with Crippen LogP contribution < -0.4 is 5.32 Å². The fourth-order valence-corrected chi connectivity index (χ4v) is 2.23. The Labute approximate surface area is 111 Å². The van der Waals surface area contributed by atoms with E-state index in [0.29, 0.717) is 16.3 Å². The van der Waals surface area contributed by atoms with Crippen molar-refractivity contribution >= 4 is 11.6 Å². The number of hydrogen-bond donors (Lipinski definition) is 1. The van der Waals surface area contributed by atoms with Crippen LogP contribution in [0.15, 0.2) is 34.7 Å². The molecule has 0 aliphatic heterocycles. The maximum Gasteiger partial charge on any atom is 0.129 e. The Kier molecular flexibility index (Phi) is 4.04. The van der Waals surface area contributed by atoms with Crippen LogP contribution in [0.5, 0.6) is 0 Å². The predicted octanol–water partition coefficient (Wildman–Crippen LogP) is 3.94. The highest BCUT2D eigenvalue weighted by Gasteiger charge is 2.22. The quantitative estimate of drug-likeness (QED) is 0.908. The van der Waals surface area contributed by atoms with Gasteiger partial charge in [-0.3, -0.25) is 0 Å². The Morgan fingerprint density at radius 3 is 2.67 bits per heavy atom. The van der Waals surface area contributed by atoms with Crippen molar-refractivity contribution in [3.8, 4) is 0 Å². The van der Waals surface area contributed by atoms with Crippen LogP contribution in [-0.4, -0.2) is 7.05 Å². The molecule has 0 bridgehead atoms. The number of aryl methyl sites for hydroxylation is 1. The summed E-state index contributed by atoms with van der Waals surface area (Å²) in [5.41, 5.74) is 0.415. The van der Waals surface area contributed by atoms with Gasteiger partial charge < -0.3 is 9.73 Å². The molecule has 1 aromatic carbocycles. The van der Waals surface area contributed by atoms with Crippen molar-refractivity contribution in [2.24, 2.45) is 0 Å². The minimum atomic E-state index is -0.376. The smallest absolute Gasteiger partial charge is 0.129 e. The summed E-state index contributed by atoms with van der Waals surface area (Å²) >= 11 is 6.07. The van der Waals surface area contributed by atoms with Gasteiger partial charge in [-0.2, -0.15) is 0 Å². The van der Waals surface area contributed by atoms with E-state index in [9.17, 15) is 4.39 Å². The third kappa shape index (κ3) is 2.42. The Bertz CT molecular complexity index is 518. The fourth-order valence-electron chi connectivity index (χ4n) is 1.96. The molecule has 0 radical (unpaired) electrons. The third-order valence-electron chi connectivity index (χ3n) is 2.89. The first-order valence-corrected chi connectivity index (χ1v) is 6.25. The SMILES string of the molecule is CCc1ccc(C(NC)c2c(F)cccc2Cl)o1. The monoisotopic (exact) mass is 267 g/mol. The van der Waals surface area contributed by atoms with E-state index in [0.717, 1.165) is 12.2 Å². The lowest BCUT2D eigenvalue weighted by molar-refractivity contribution is 0.427. The van der Waals surface area contributed by atoms with E-state index in [1.54, 1.807) is 19.2 Å². The van der Waals surface area contributed by atoms with E-state index in [1.807, 2.05) is 19.1 Å². The molecule has 0 aliphatic rings. The first-order chi connectivity index (χ1) is 8.67. The van der Waals surface area contributed by atoms with Crippen molar-refractivity contribution < 1.29 is 8.81 Å². The van der Waals surface area contributed by atoms with Gasteiger partial charge in [0.2, 0.25) is 0 Å². The molecule has 18 heavy (non-hydrogen) atoms. The van der Waals surface area contributed by atoms with E-state index in [-0.39, 0.29) is 11.9 Å². The molecular weight excluding hydrogens is 253 g/mol. The minimum absolute atomic E-state index is 0.337. The van der Waals surface area contributed by atoms with Crippen molar-refractivity contribution in [2.75, 3.05) is 7.05 Å². The molecule has 0 saturated heterocycles. The number of furan rings is 1. The lowest BCUT2D eigenvalue weighted by atomic mass is 10.0. The highest BCUT2D eigenvalue weighted by molar-refractivity contribution is 6.31. The van der Waals surface area contributed by atoms with E-state index >= 15 is 0 Å². The van der Waals surface area contributed by atoms with Crippen LogP contribution in [-0.2, 0) is 6.42 Å². The maximum atomic E-state index is 13.9. The van der Waals surface area contributed by atoms with E-state index < -0.39 is 0 Å². The second-order valence-electron chi connectivity index (χ2n) is 4.01. The van der Waals surface area contributed by atoms with Crippen LogP contribution in [0.1, 0.15) is 30.0 Å². The second-order valence-corrected chi connectivity index (χ2v) is 4.42. The zero-order chi connectivity index (χ0) is 13.1. The molecule has 2 nitrogen and oxygen atoms in total.